The third-order valence-electron chi connectivity index (χ3n) is 4.32. The molecule has 0 aliphatic carbocycles. The number of nitrogens with one attached hydrogen (secondary N) is 1. The van der Waals surface area contributed by atoms with E-state index in [1.165, 1.54) is 11.8 Å². The van der Waals surface area contributed by atoms with E-state index in [0.29, 0.717) is 27.4 Å². The number of hydrogen-bond donors (Lipinski definition) is 1. The predicted molar refractivity (Wildman–Crippen MR) is 122 cm³/mol. The molecule has 31 heavy (non-hydrogen) atoms. The van der Waals surface area contributed by atoms with Gasteiger partial charge in [0, 0.05) is 22.6 Å². The second kappa shape index (κ2) is 9.63. The number of thioether (sulfide) groups is 1. The summed E-state index contributed by atoms with van der Waals surface area (Å²) >= 11 is 7.34. The summed E-state index contributed by atoms with van der Waals surface area (Å²) in [4.78, 5) is 16.8. The molecule has 2 aromatic heterocycles. The lowest BCUT2D eigenvalue weighted by Gasteiger charge is -2.10. The minimum atomic E-state index is -0.153. The lowest BCUT2D eigenvalue weighted by Crippen LogP contribution is -2.14. The van der Waals surface area contributed by atoms with Crippen molar-refractivity contribution < 1.29 is 9.53 Å². The topological polar surface area (TPSA) is 81.9 Å². The number of methoxy groups -OCH3 is 1. The van der Waals surface area contributed by atoms with Crippen LogP contribution in [0.25, 0.3) is 17.2 Å². The molecule has 1 N–H and O–H groups in total. The zero-order valence-electron chi connectivity index (χ0n) is 16.5. The molecule has 0 radical (unpaired) electrons. The highest BCUT2D eigenvalue weighted by atomic mass is 35.5. The third-order valence-corrected chi connectivity index (χ3v) is 5.50. The monoisotopic (exact) mass is 451 g/mol. The van der Waals surface area contributed by atoms with Crippen molar-refractivity contribution in [2.24, 2.45) is 0 Å². The average molecular weight is 452 g/mol. The first kappa shape index (κ1) is 20.9. The number of carbonyl (C=O) groups excluding carboxylic acids is 1. The van der Waals surface area contributed by atoms with Gasteiger partial charge in [0.15, 0.2) is 11.0 Å². The molecule has 0 fully saturated rings. The van der Waals surface area contributed by atoms with Gasteiger partial charge in [0.25, 0.3) is 0 Å². The van der Waals surface area contributed by atoms with E-state index in [1.807, 2.05) is 34.9 Å². The molecule has 2 aromatic carbocycles. The van der Waals surface area contributed by atoms with Crippen LogP contribution in [0.4, 0.5) is 5.69 Å². The number of ether oxygens (including phenoxy) is 1. The van der Waals surface area contributed by atoms with Gasteiger partial charge in [-0.05, 0) is 60.7 Å². The molecule has 0 saturated carbocycles. The molecular formula is C22H18ClN5O2S. The molecule has 0 spiro atoms. The lowest BCUT2D eigenvalue weighted by molar-refractivity contribution is -0.113. The summed E-state index contributed by atoms with van der Waals surface area (Å²) in [7, 11) is 1.60. The number of halogens is 1. The Hall–Kier alpha value is -3.36. The van der Waals surface area contributed by atoms with Crippen LogP contribution in [0.15, 0.2) is 78.1 Å². The molecule has 0 atom stereocenters. The minimum absolute atomic E-state index is 0.153. The molecule has 9 heteroatoms. The van der Waals surface area contributed by atoms with Gasteiger partial charge in [0.1, 0.15) is 11.4 Å². The van der Waals surface area contributed by atoms with Crippen molar-refractivity contribution in [3.05, 3.63) is 77.9 Å². The highest BCUT2D eigenvalue weighted by molar-refractivity contribution is 7.99. The normalized spacial score (nSPS) is 10.6. The van der Waals surface area contributed by atoms with Gasteiger partial charge < -0.3 is 10.1 Å². The number of amides is 1. The molecule has 0 aliphatic heterocycles. The highest BCUT2D eigenvalue weighted by Gasteiger charge is 2.18. The second-order valence-corrected chi connectivity index (χ2v) is 7.78. The van der Waals surface area contributed by atoms with Gasteiger partial charge in [-0.2, -0.15) is 0 Å². The first-order valence-corrected chi connectivity index (χ1v) is 10.7. The zero-order valence-corrected chi connectivity index (χ0v) is 18.1. The van der Waals surface area contributed by atoms with Crippen LogP contribution in [0.5, 0.6) is 5.75 Å². The number of rotatable bonds is 7. The Kier molecular flexibility index (Phi) is 6.49. The van der Waals surface area contributed by atoms with Crippen molar-refractivity contribution >= 4 is 35.0 Å². The fraction of sp³-hybridized carbons (Fsp3) is 0.0909. The molecule has 156 valence electrons. The van der Waals surface area contributed by atoms with Gasteiger partial charge in [-0.25, -0.2) is 0 Å². The Balaban J connectivity index is 1.55. The van der Waals surface area contributed by atoms with E-state index in [9.17, 15) is 4.79 Å². The zero-order chi connectivity index (χ0) is 21.6. The van der Waals surface area contributed by atoms with Crippen LogP contribution in [-0.4, -0.2) is 38.5 Å². The van der Waals surface area contributed by atoms with Crippen LogP contribution in [0, 0.1) is 0 Å². The van der Waals surface area contributed by atoms with Gasteiger partial charge in [-0.3, -0.25) is 14.3 Å². The van der Waals surface area contributed by atoms with Crippen molar-refractivity contribution in [1.29, 1.82) is 0 Å². The fourth-order valence-electron chi connectivity index (χ4n) is 2.85. The van der Waals surface area contributed by atoms with Crippen molar-refractivity contribution in [2.45, 2.75) is 5.16 Å². The summed E-state index contributed by atoms with van der Waals surface area (Å²) in [5, 5.41) is 12.7. The Morgan fingerprint density at radius 1 is 1.06 bits per heavy atom. The summed E-state index contributed by atoms with van der Waals surface area (Å²) < 4.78 is 7.00. The Morgan fingerprint density at radius 3 is 2.52 bits per heavy atom. The first-order chi connectivity index (χ1) is 15.1. The molecule has 0 saturated heterocycles. The van der Waals surface area contributed by atoms with E-state index in [-0.39, 0.29) is 11.7 Å². The fourth-order valence-corrected chi connectivity index (χ4v) is 3.73. The van der Waals surface area contributed by atoms with Gasteiger partial charge in [0.2, 0.25) is 5.91 Å². The number of hydrogen-bond acceptors (Lipinski definition) is 6. The van der Waals surface area contributed by atoms with Gasteiger partial charge in [-0.1, -0.05) is 29.4 Å². The number of benzene rings is 2. The standard InChI is InChI=1S/C22H18ClN5O2S/c1-30-18-11-7-16(8-12-18)25-20(29)14-31-22-27-26-21(19-4-2-3-13-24-19)28(22)17-9-5-15(23)6-10-17/h2-13H,14H2,1H3,(H,25,29). The maximum Gasteiger partial charge on any atom is 0.234 e. The quantitative estimate of drug-likeness (QED) is 0.409. The Morgan fingerprint density at radius 2 is 1.84 bits per heavy atom. The smallest absolute Gasteiger partial charge is 0.234 e. The van der Waals surface area contributed by atoms with E-state index < -0.39 is 0 Å². The Labute approximate surface area is 188 Å². The van der Waals surface area contributed by atoms with Crippen molar-refractivity contribution in [2.75, 3.05) is 18.2 Å². The van der Waals surface area contributed by atoms with Crippen LogP contribution >= 0.6 is 23.4 Å². The van der Waals surface area contributed by atoms with Crippen molar-refractivity contribution in [1.82, 2.24) is 19.7 Å². The first-order valence-electron chi connectivity index (χ1n) is 9.33. The van der Waals surface area contributed by atoms with E-state index >= 15 is 0 Å². The molecule has 2 heterocycles. The molecule has 0 bridgehead atoms. The molecule has 7 nitrogen and oxygen atoms in total. The summed E-state index contributed by atoms with van der Waals surface area (Å²) in [6.07, 6.45) is 1.70. The van der Waals surface area contributed by atoms with Gasteiger partial charge in [0.05, 0.1) is 12.9 Å². The average Bonchev–Trinajstić information content (AvgIpc) is 3.23. The number of aromatic nitrogens is 4. The van der Waals surface area contributed by atoms with Crippen LogP contribution in [-0.2, 0) is 4.79 Å². The third kappa shape index (κ3) is 5.04. The SMILES string of the molecule is COc1ccc(NC(=O)CSc2nnc(-c3ccccn3)n2-c2ccc(Cl)cc2)cc1. The summed E-state index contributed by atoms with van der Waals surface area (Å²) in [5.74, 6) is 1.33. The van der Waals surface area contributed by atoms with E-state index in [1.54, 1.807) is 49.7 Å². The molecule has 1 amide bonds. The minimum Gasteiger partial charge on any atom is -0.497 e. The molecule has 4 aromatic rings. The molecule has 0 aliphatic rings. The van der Waals surface area contributed by atoms with E-state index in [2.05, 4.69) is 20.5 Å². The van der Waals surface area contributed by atoms with Gasteiger partial charge >= 0.3 is 0 Å². The van der Waals surface area contributed by atoms with Gasteiger partial charge in [-0.15, -0.1) is 10.2 Å². The molecule has 4 rings (SSSR count). The van der Waals surface area contributed by atoms with E-state index in [0.717, 1.165) is 11.4 Å². The van der Waals surface area contributed by atoms with Crippen LogP contribution in [0.2, 0.25) is 5.02 Å². The number of carbonyl (C=O) groups is 1. The van der Waals surface area contributed by atoms with E-state index in [4.69, 9.17) is 16.3 Å². The van der Waals surface area contributed by atoms with Crippen LogP contribution in [0.1, 0.15) is 0 Å². The Bertz CT molecular complexity index is 1160. The van der Waals surface area contributed by atoms with Crippen LogP contribution < -0.4 is 10.1 Å². The maximum absolute atomic E-state index is 12.5. The largest absolute Gasteiger partial charge is 0.497 e. The van der Waals surface area contributed by atoms with Crippen LogP contribution in [0.3, 0.4) is 0 Å². The van der Waals surface area contributed by atoms with Crippen molar-refractivity contribution in [3.63, 3.8) is 0 Å². The lowest BCUT2D eigenvalue weighted by atomic mass is 10.3. The number of anilines is 1. The molecule has 0 unspecified atom stereocenters. The van der Waals surface area contributed by atoms with Crippen molar-refractivity contribution in [3.8, 4) is 23.0 Å². The maximum atomic E-state index is 12.5. The number of nitrogens with zero attached hydrogens (tertiary/aromatic N) is 4. The second-order valence-electron chi connectivity index (χ2n) is 6.40. The summed E-state index contributed by atoms with van der Waals surface area (Å²) in [6.45, 7) is 0. The highest BCUT2D eigenvalue weighted by Crippen LogP contribution is 2.28. The predicted octanol–water partition coefficient (Wildman–Crippen LogP) is 4.72. The summed E-state index contributed by atoms with van der Waals surface area (Å²) in [5.41, 5.74) is 2.20. The molecular weight excluding hydrogens is 434 g/mol. The number of pyridine rings is 1. The summed E-state index contributed by atoms with van der Waals surface area (Å²) in [6, 6.07) is 20.1.